The standard InChI is InChI=1S/C22H27N5O4S/c1-16-15-31-19(12-24-16)14-26(2)32(29,30)20-6-3-17(4-7-20)11-25-22(28)18-5-8-21-23-9-10-27(21)13-18/h3-10,13,16,19,24H,11-12,14-15H2,1-2H3,(H,25,28)/t16?,19-/m0/s1. The molecule has 1 aliphatic heterocycles. The molecule has 0 bridgehead atoms. The first kappa shape index (κ1) is 22.4. The normalized spacial score (nSPS) is 19.3. The zero-order valence-corrected chi connectivity index (χ0v) is 18.9. The van der Waals surface area contributed by atoms with E-state index >= 15 is 0 Å². The lowest BCUT2D eigenvalue weighted by molar-refractivity contribution is 0.00144. The van der Waals surface area contributed by atoms with Gasteiger partial charge < -0.3 is 19.8 Å². The predicted octanol–water partition coefficient (Wildman–Crippen LogP) is 1.26. The summed E-state index contributed by atoms with van der Waals surface area (Å²) >= 11 is 0. The third-order valence-electron chi connectivity index (χ3n) is 5.47. The summed E-state index contributed by atoms with van der Waals surface area (Å²) in [7, 11) is -2.07. The fourth-order valence-corrected chi connectivity index (χ4v) is 4.73. The highest BCUT2D eigenvalue weighted by Gasteiger charge is 2.26. The van der Waals surface area contributed by atoms with E-state index in [2.05, 4.69) is 15.6 Å². The first-order valence-corrected chi connectivity index (χ1v) is 11.9. The number of pyridine rings is 1. The monoisotopic (exact) mass is 457 g/mol. The Balaban J connectivity index is 1.34. The van der Waals surface area contributed by atoms with Crippen molar-refractivity contribution in [3.63, 3.8) is 0 Å². The van der Waals surface area contributed by atoms with Crippen LogP contribution in [-0.4, -0.2) is 66.9 Å². The second-order valence-electron chi connectivity index (χ2n) is 7.99. The van der Waals surface area contributed by atoms with E-state index in [1.807, 2.05) is 6.92 Å². The van der Waals surface area contributed by atoms with Crippen molar-refractivity contribution in [3.05, 3.63) is 66.1 Å². The zero-order valence-electron chi connectivity index (χ0n) is 18.1. The fourth-order valence-electron chi connectivity index (χ4n) is 3.53. The van der Waals surface area contributed by atoms with Crippen LogP contribution in [0.3, 0.4) is 0 Å². The SMILES string of the molecule is CC1CO[C@H](CN(C)S(=O)(=O)c2ccc(CNC(=O)c3ccc4nccn4c3)cc2)CN1. The van der Waals surface area contributed by atoms with Gasteiger partial charge >= 0.3 is 0 Å². The van der Waals surface area contributed by atoms with Crippen molar-refractivity contribution in [3.8, 4) is 0 Å². The summed E-state index contributed by atoms with van der Waals surface area (Å²) in [6.07, 6.45) is 4.99. The Labute approximate surface area is 187 Å². The Morgan fingerprint density at radius 1 is 1.28 bits per heavy atom. The summed E-state index contributed by atoms with van der Waals surface area (Å²) in [6, 6.07) is 10.3. The number of hydrogen-bond donors (Lipinski definition) is 2. The average molecular weight is 458 g/mol. The lowest BCUT2D eigenvalue weighted by Crippen LogP contribution is -2.49. The van der Waals surface area contributed by atoms with E-state index in [0.717, 1.165) is 11.2 Å². The minimum absolute atomic E-state index is 0.179. The lowest BCUT2D eigenvalue weighted by atomic mass is 10.2. The van der Waals surface area contributed by atoms with Gasteiger partial charge in [0.1, 0.15) is 5.65 Å². The summed E-state index contributed by atoms with van der Waals surface area (Å²) in [5, 5.41) is 6.15. The minimum Gasteiger partial charge on any atom is -0.374 e. The molecule has 1 fully saturated rings. The first-order valence-electron chi connectivity index (χ1n) is 10.4. The highest BCUT2D eigenvalue weighted by molar-refractivity contribution is 7.89. The molecule has 1 amide bonds. The van der Waals surface area contributed by atoms with Crippen LogP contribution >= 0.6 is 0 Å². The zero-order chi connectivity index (χ0) is 22.7. The molecule has 0 aliphatic carbocycles. The van der Waals surface area contributed by atoms with Crippen molar-refractivity contribution in [1.82, 2.24) is 24.3 Å². The van der Waals surface area contributed by atoms with Gasteiger partial charge in [-0.2, -0.15) is 4.31 Å². The third-order valence-corrected chi connectivity index (χ3v) is 7.31. The van der Waals surface area contributed by atoms with E-state index in [1.165, 1.54) is 4.31 Å². The van der Waals surface area contributed by atoms with Crippen molar-refractivity contribution in [1.29, 1.82) is 0 Å². The number of ether oxygens (including phenoxy) is 1. The van der Waals surface area contributed by atoms with Crippen LogP contribution in [0.25, 0.3) is 5.65 Å². The van der Waals surface area contributed by atoms with Gasteiger partial charge in [-0.1, -0.05) is 12.1 Å². The van der Waals surface area contributed by atoms with E-state index in [4.69, 9.17) is 4.74 Å². The molecule has 9 nitrogen and oxygen atoms in total. The van der Waals surface area contributed by atoms with Crippen LogP contribution < -0.4 is 10.6 Å². The van der Waals surface area contributed by atoms with Crippen LogP contribution in [0.5, 0.6) is 0 Å². The number of aromatic nitrogens is 2. The Hall–Kier alpha value is -2.79. The predicted molar refractivity (Wildman–Crippen MR) is 120 cm³/mol. The van der Waals surface area contributed by atoms with Gasteiger partial charge in [-0.3, -0.25) is 4.79 Å². The van der Waals surface area contributed by atoms with E-state index in [0.29, 0.717) is 18.7 Å². The lowest BCUT2D eigenvalue weighted by Gasteiger charge is -2.30. The van der Waals surface area contributed by atoms with Gasteiger partial charge in [0, 0.05) is 51.3 Å². The van der Waals surface area contributed by atoms with Crippen LogP contribution in [-0.2, 0) is 21.3 Å². The molecule has 1 unspecified atom stereocenters. The van der Waals surface area contributed by atoms with Crippen LogP contribution in [0.15, 0.2) is 59.9 Å². The second-order valence-corrected chi connectivity index (χ2v) is 10.0. The van der Waals surface area contributed by atoms with E-state index in [1.54, 1.807) is 66.4 Å². The molecule has 3 heterocycles. The molecular weight excluding hydrogens is 430 g/mol. The molecule has 0 spiro atoms. The van der Waals surface area contributed by atoms with Crippen LogP contribution in [0.4, 0.5) is 0 Å². The van der Waals surface area contributed by atoms with Crippen molar-refractivity contribution >= 4 is 21.6 Å². The van der Waals surface area contributed by atoms with E-state index < -0.39 is 10.0 Å². The first-order chi connectivity index (χ1) is 15.3. The number of likely N-dealkylation sites (N-methyl/N-ethyl adjacent to an activating group) is 1. The average Bonchev–Trinajstić information content (AvgIpc) is 3.27. The Morgan fingerprint density at radius 2 is 2.06 bits per heavy atom. The molecule has 1 saturated heterocycles. The highest BCUT2D eigenvalue weighted by Crippen LogP contribution is 2.17. The number of amides is 1. The van der Waals surface area contributed by atoms with Gasteiger partial charge in [0.15, 0.2) is 0 Å². The summed E-state index contributed by atoms with van der Waals surface area (Å²) in [5.41, 5.74) is 2.09. The number of carbonyl (C=O) groups is 1. The molecule has 2 atom stereocenters. The molecule has 0 saturated carbocycles. The molecular formula is C22H27N5O4S. The number of benzene rings is 1. The Kier molecular flexibility index (Phi) is 6.56. The number of nitrogens with one attached hydrogen (secondary N) is 2. The molecule has 10 heteroatoms. The number of rotatable bonds is 7. The number of nitrogens with zero attached hydrogens (tertiary/aromatic N) is 3. The van der Waals surface area contributed by atoms with E-state index in [9.17, 15) is 13.2 Å². The van der Waals surface area contributed by atoms with Gasteiger partial charge in [0.2, 0.25) is 10.0 Å². The van der Waals surface area contributed by atoms with Crippen molar-refractivity contribution in [2.24, 2.45) is 0 Å². The number of carbonyl (C=O) groups excluding carboxylic acids is 1. The van der Waals surface area contributed by atoms with Gasteiger partial charge in [0.05, 0.1) is 23.2 Å². The minimum atomic E-state index is -3.63. The largest absolute Gasteiger partial charge is 0.374 e. The highest BCUT2D eigenvalue weighted by atomic mass is 32.2. The summed E-state index contributed by atoms with van der Waals surface area (Å²) in [4.78, 5) is 16.8. The fraction of sp³-hybridized carbons (Fsp3) is 0.364. The maximum absolute atomic E-state index is 12.9. The van der Waals surface area contributed by atoms with Crippen LogP contribution in [0, 0.1) is 0 Å². The van der Waals surface area contributed by atoms with Gasteiger partial charge in [0.25, 0.3) is 5.91 Å². The smallest absolute Gasteiger partial charge is 0.253 e. The third kappa shape index (κ3) is 4.99. The summed E-state index contributed by atoms with van der Waals surface area (Å²) < 4.78 is 34.6. The number of fused-ring (bicyclic) bond motifs is 1. The maximum Gasteiger partial charge on any atom is 0.253 e. The van der Waals surface area contributed by atoms with Gasteiger partial charge in [-0.25, -0.2) is 13.4 Å². The molecule has 4 rings (SSSR count). The summed E-state index contributed by atoms with van der Waals surface area (Å²) in [6.45, 7) is 3.78. The van der Waals surface area contributed by atoms with Gasteiger partial charge in [-0.15, -0.1) is 0 Å². The molecule has 2 aromatic heterocycles. The molecule has 3 aromatic rings. The molecule has 1 aromatic carbocycles. The van der Waals surface area contributed by atoms with Gasteiger partial charge in [-0.05, 0) is 36.8 Å². The van der Waals surface area contributed by atoms with E-state index in [-0.39, 0.29) is 36.0 Å². The molecule has 2 N–H and O–H groups in total. The van der Waals surface area contributed by atoms with Crippen LogP contribution in [0.1, 0.15) is 22.8 Å². The number of sulfonamides is 1. The van der Waals surface area contributed by atoms with Crippen molar-refractivity contribution in [2.45, 2.75) is 30.5 Å². The molecule has 1 aliphatic rings. The Morgan fingerprint density at radius 3 is 2.78 bits per heavy atom. The Bertz CT molecular complexity index is 1180. The number of hydrogen-bond acceptors (Lipinski definition) is 6. The molecule has 32 heavy (non-hydrogen) atoms. The quantitative estimate of drug-likeness (QED) is 0.554. The second kappa shape index (κ2) is 9.37. The maximum atomic E-state index is 12.9. The topological polar surface area (TPSA) is 105 Å². The molecule has 0 radical (unpaired) electrons. The number of morpholine rings is 1. The van der Waals surface area contributed by atoms with Crippen molar-refractivity contribution < 1.29 is 17.9 Å². The number of imidazole rings is 1. The van der Waals surface area contributed by atoms with Crippen LogP contribution in [0.2, 0.25) is 0 Å². The van der Waals surface area contributed by atoms with Crippen molar-refractivity contribution in [2.75, 3.05) is 26.7 Å². The summed E-state index contributed by atoms with van der Waals surface area (Å²) in [5.74, 6) is -0.215. The molecule has 170 valence electrons.